The van der Waals surface area contributed by atoms with E-state index in [0.29, 0.717) is 19.4 Å². The molecule has 0 aromatic heterocycles. The van der Waals surface area contributed by atoms with E-state index >= 15 is 0 Å². The quantitative estimate of drug-likeness (QED) is 0.282. The molecule has 8 N–H and O–H groups in total. The molecule has 0 bridgehead atoms. The van der Waals surface area contributed by atoms with E-state index in [2.05, 4.69) is 4.74 Å². The van der Waals surface area contributed by atoms with Crippen molar-refractivity contribution in [1.29, 1.82) is 0 Å². The average molecular weight is 218 g/mol. The van der Waals surface area contributed by atoms with Crippen LogP contribution in [0.3, 0.4) is 0 Å². The Morgan fingerprint density at radius 2 is 1.60 bits per heavy atom. The van der Waals surface area contributed by atoms with Crippen LogP contribution in [0.15, 0.2) is 0 Å². The molecule has 0 aliphatic heterocycles. The van der Waals surface area contributed by atoms with Crippen molar-refractivity contribution in [2.75, 3.05) is 13.1 Å². The van der Waals surface area contributed by atoms with Gasteiger partial charge in [0.05, 0.1) is 0 Å². The Balaban J connectivity index is 3.96. The lowest BCUT2D eigenvalue weighted by atomic mass is 10.2. The molecule has 2 atom stereocenters. The van der Waals surface area contributed by atoms with Gasteiger partial charge >= 0.3 is 11.9 Å². The lowest BCUT2D eigenvalue weighted by Crippen LogP contribution is -2.43. The molecule has 0 radical (unpaired) electrons. The van der Waals surface area contributed by atoms with E-state index in [0.717, 1.165) is 0 Å². The minimum Gasteiger partial charge on any atom is -0.391 e. The Morgan fingerprint density at radius 3 is 2.07 bits per heavy atom. The highest BCUT2D eigenvalue weighted by Gasteiger charge is 2.21. The number of carbonyl (C=O) groups excluding carboxylic acids is 2. The van der Waals surface area contributed by atoms with Crippen LogP contribution < -0.4 is 22.9 Å². The molecule has 15 heavy (non-hydrogen) atoms. The van der Waals surface area contributed by atoms with Crippen LogP contribution in [-0.4, -0.2) is 37.1 Å². The number of hydrogen-bond donors (Lipinski definition) is 4. The second-order valence-corrected chi connectivity index (χ2v) is 3.12. The molecular formula is C8H18N4O3. The van der Waals surface area contributed by atoms with E-state index in [4.69, 9.17) is 22.9 Å². The Labute approximate surface area is 88.1 Å². The molecule has 0 rings (SSSR count). The summed E-state index contributed by atoms with van der Waals surface area (Å²) in [7, 11) is 0. The van der Waals surface area contributed by atoms with E-state index in [1.807, 2.05) is 0 Å². The summed E-state index contributed by atoms with van der Waals surface area (Å²) in [4.78, 5) is 22.2. The van der Waals surface area contributed by atoms with Crippen molar-refractivity contribution in [2.45, 2.75) is 24.9 Å². The lowest BCUT2D eigenvalue weighted by molar-refractivity contribution is -0.161. The molecule has 0 heterocycles. The van der Waals surface area contributed by atoms with E-state index in [1.165, 1.54) is 0 Å². The van der Waals surface area contributed by atoms with Crippen molar-refractivity contribution >= 4 is 11.9 Å². The summed E-state index contributed by atoms with van der Waals surface area (Å²) in [5.74, 6) is -1.65. The second kappa shape index (κ2) is 7.30. The molecule has 0 saturated carbocycles. The largest absolute Gasteiger partial charge is 0.391 e. The summed E-state index contributed by atoms with van der Waals surface area (Å²) in [5, 5.41) is 0. The normalized spacial score (nSPS) is 14.4. The molecule has 1 unspecified atom stereocenters. The predicted octanol–water partition coefficient (Wildman–Crippen LogP) is -2.59. The Kier molecular flexibility index (Phi) is 6.80. The highest BCUT2D eigenvalue weighted by atomic mass is 16.6. The molecule has 0 aromatic rings. The molecule has 0 aliphatic carbocycles. The van der Waals surface area contributed by atoms with Crippen LogP contribution in [0, 0.1) is 0 Å². The maximum atomic E-state index is 11.2. The molecule has 7 nitrogen and oxygen atoms in total. The Morgan fingerprint density at radius 1 is 1.07 bits per heavy atom. The number of hydrogen-bond acceptors (Lipinski definition) is 7. The summed E-state index contributed by atoms with van der Waals surface area (Å²) < 4.78 is 4.41. The van der Waals surface area contributed by atoms with Crippen LogP contribution in [0.2, 0.25) is 0 Å². The first kappa shape index (κ1) is 14.0. The molecular weight excluding hydrogens is 200 g/mol. The summed E-state index contributed by atoms with van der Waals surface area (Å²) in [6.45, 7) is 0.349. The monoisotopic (exact) mass is 218 g/mol. The smallest absolute Gasteiger partial charge is 0.331 e. The highest BCUT2D eigenvalue weighted by molar-refractivity contribution is 5.90. The fourth-order valence-corrected chi connectivity index (χ4v) is 0.802. The molecule has 0 aromatic carbocycles. The van der Waals surface area contributed by atoms with Crippen molar-refractivity contribution < 1.29 is 14.3 Å². The molecule has 0 saturated heterocycles. The first-order chi connectivity index (χ1) is 7.02. The van der Waals surface area contributed by atoms with E-state index in [-0.39, 0.29) is 6.54 Å². The lowest BCUT2D eigenvalue weighted by Gasteiger charge is -2.11. The summed E-state index contributed by atoms with van der Waals surface area (Å²) >= 11 is 0. The fourth-order valence-electron chi connectivity index (χ4n) is 0.802. The summed E-state index contributed by atoms with van der Waals surface area (Å²) in [6, 6.07) is -1.84. The summed E-state index contributed by atoms with van der Waals surface area (Å²) in [5.41, 5.74) is 21.0. The predicted molar refractivity (Wildman–Crippen MR) is 54.4 cm³/mol. The van der Waals surface area contributed by atoms with Gasteiger partial charge in [0.2, 0.25) is 0 Å². The maximum Gasteiger partial charge on any atom is 0.331 e. The van der Waals surface area contributed by atoms with Gasteiger partial charge in [-0.2, -0.15) is 0 Å². The number of esters is 2. The van der Waals surface area contributed by atoms with Gasteiger partial charge in [-0.15, -0.1) is 0 Å². The zero-order chi connectivity index (χ0) is 11.8. The van der Waals surface area contributed by atoms with E-state index in [9.17, 15) is 9.59 Å². The maximum absolute atomic E-state index is 11.2. The molecule has 88 valence electrons. The molecule has 0 aliphatic rings. The average Bonchev–Trinajstić information content (AvgIpc) is 2.24. The number of carbonyl (C=O) groups is 2. The van der Waals surface area contributed by atoms with Gasteiger partial charge < -0.3 is 27.7 Å². The Hall–Kier alpha value is -1.02. The first-order valence-corrected chi connectivity index (χ1v) is 4.69. The van der Waals surface area contributed by atoms with Gasteiger partial charge in [-0.1, -0.05) is 0 Å². The summed E-state index contributed by atoms with van der Waals surface area (Å²) in [6.07, 6.45) is 0.966. The molecule has 0 spiro atoms. The van der Waals surface area contributed by atoms with E-state index in [1.54, 1.807) is 0 Å². The van der Waals surface area contributed by atoms with Crippen LogP contribution in [0.1, 0.15) is 12.8 Å². The van der Waals surface area contributed by atoms with Crippen LogP contribution in [0.4, 0.5) is 0 Å². The van der Waals surface area contributed by atoms with Gasteiger partial charge in [0.25, 0.3) is 0 Å². The number of nitrogens with two attached hydrogens (primary N) is 4. The first-order valence-electron chi connectivity index (χ1n) is 4.69. The van der Waals surface area contributed by atoms with Crippen LogP contribution in [0.25, 0.3) is 0 Å². The van der Waals surface area contributed by atoms with E-state index < -0.39 is 24.0 Å². The Bertz CT molecular complexity index is 222. The van der Waals surface area contributed by atoms with Crippen molar-refractivity contribution in [2.24, 2.45) is 22.9 Å². The molecule has 7 heteroatoms. The van der Waals surface area contributed by atoms with Gasteiger partial charge in [0.1, 0.15) is 12.1 Å². The van der Waals surface area contributed by atoms with Crippen molar-refractivity contribution in [1.82, 2.24) is 0 Å². The highest BCUT2D eigenvalue weighted by Crippen LogP contribution is 1.97. The van der Waals surface area contributed by atoms with Crippen LogP contribution in [0.5, 0.6) is 0 Å². The molecule has 0 amide bonds. The van der Waals surface area contributed by atoms with Gasteiger partial charge in [0, 0.05) is 6.54 Å². The third kappa shape index (κ3) is 5.43. The van der Waals surface area contributed by atoms with Crippen LogP contribution in [-0.2, 0) is 14.3 Å². The third-order valence-corrected chi connectivity index (χ3v) is 1.78. The topological polar surface area (TPSA) is 147 Å². The van der Waals surface area contributed by atoms with Crippen molar-refractivity contribution in [3.63, 3.8) is 0 Å². The van der Waals surface area contributed by atoms with Crippen molar-refractivity contribution in [3.05, 3.63) is 0 Å². The minimum atomic E-state index is -0.990. The third-order valence-electron chi connectivity index (χ3n) is 1.78. The number of ether oxygens (including phenoxy) is 1. The van der Waals surface area contributed by atoms with Gasteiger partial charge in [-0.05, 0) is 19.4 Å². The second-order valence-electron chi connectivity index (χ2n) is 3.12. The minimum absolute atomic E-state index is 0.0792. The number of rotatable bonds is 6. The fraction of sp³-hybridized carbons (Fsp3) is 0.750. The van der Waals surface area contributed by atoms with Gasteiger partial charge in [-0.3, -0.25) is 0 Å². The SMILES string of the molecule is NCCC[C@@H](N)C(=O)OC(=O)C(N)CN. The van der Waals surface area contributed by atoms with Gasteiger partial charge in [-0.25, -0.2) is 9.59 Å². The van der Waals surface area contributed by atoms with Crippen molar-refractivity contribution in [3.8, 4) is 0 Å². The molecule has 0 fully saturated rings. The van der Waals surface area contributed by atoms with Crippen LogP contribution >= 0.6 is 0 Å². The zero-order valence-corrected chi connectivity index (χ0v) is 8.52. The van der Waals surface area contributed by atoms with Gasteiger partial charge in [0.15, 0.2) is 0 Å². The zero-order valence-electron chi connectivity index (χ0n) is 8.52. The standard InChI is InChI=1S/C8H18N4O3/c9-3-1-2-5(11)7(13)15-8(14)6(12)4-10/h5-6H,1-4,9-12H2/t5-,6?/m1/s1.